The van der Waals surface area contributed by atoms with Crippen molar-refractivity contribution in [3.05, 3.63) is 57.6 Å². The number of nitrogens with two attached hydrogens (primary N) is 1. The quantitative estimate of drug-likeness (QED) is 0.373. The van der Waals surface area contributed by atoms with E-state index in [4.69, 9.17) is 17.3 Å². The molecule has 29 heavy (non-hydrogen) atoms. The van der Waals surface area contributed by atoms with Crippen LogP contribution in [0.4, 0.5) is 17.2 Å². The summed E-state index contributed by atoms with van der Waals surface area (Å²) in [4.78, 5) is 27.4. The lowest BCUT2D eigenvalue weighted by atomic mass is 10.2. The van der Waals surface area contributed by atoms with Gasteiger partial charge in [0.15, 0.2) is 17.3 Å². The number of benzene rings is 2. The van der Waals surface area contributed by atoms with Gasteiger partial charge in [-0.25, -0.2) is 9.61 Å². The highest BCUT2D eigenvalue weighted by atomic mass is 35.5. The number of hydrogen-bond donors (Lipinski definition) is 2. The zero-order valence-corrected chi connectivity index (χ0v) is 15.3. The molecule has 0 saturated heterocycles. The SMILES string of the molecule is Nc1nonc1-c1nc2ccccc2n1CC(=O)Nc1ccc([N+](=O)[O-])c(Cl)c1. The van der Waals surface area contributed by atoms with Crippen LogP contribution in [0.5, 0.6) is 0 Å². The summed E-state index contributed by atoms with van der Waals surface area (Å²) in [6.07, 6.45) is 0. The molecule has 0 bridgehead atoms. The molecular weight excluding hydrogens is 402 g/mol. The molecule has 2 aromatic carbocycles. The second-order valence-electron chi connectivity index (χ2n) is 5.98. The van der Waals surface area contributed by atoms with Crippen LogP contribution < -0.4 is 11.1 Å². The molecule has 4 aromatic rings. The first-order valence-electron chi connectivity index (χ1n) is 8.21. The number of rotatable bonds is 5. The number of nitro benzene ring substituents is 1. The molecule has 2 aromatic heterocycles. The third kappa shape index (κ3) is 3.46. The van der Waals surface area contributed by atoms with Crippen molar-refractivity contribution in [1.82, 2.24) is 19.9 Å². The van der Waals surface area contributed by atoms with Crippen molar-refractivity contribution >= 4 is 45.7 Å². The van der Waals surface area contributed by atoms with Gasteiger partial charge in [-0.1, -0.05) is 23.7 Å². The number of aromatic nitrogens is 4. The monoisotopic (exact) mass is 413 g/mol. The van der Waals surface area contributed by atoms with Gasteiger partial charge in [0.1, 0.15) is 11.6 Å². The molecule has 12 heteroatoms. The minimum atomic E-state index is -0.603. The van der Waals surface area contributed by atoms with Gasteiger partial charge in [-0.3, -0.25) is 14.9 Å². The van der Waals surface area contributed by atoms with Crippen LogP contribution in [-0.2, 0) is 11.3 Å². The second-order valence-corrected chi connectivity index (χ2v) is 6.39. The highest BCUT2D eigenvalue weighted by Gasteiger charge is 2.21. The highest BCUT2D eigenvalue weighted by molar-refractivity contribution is 6.33. The summed E-state index contributed by atoms with van der Waals surface area (Å²) in [6, 6.07) is 11.1. The number of nitrogens with one attached hydrogen (secondary N) is 1. The topological polar surface area (TPSA) is 155 Å². The number of anilines is 2. The summed E-state index contributed by atoms with van der Waals surface area (Å²) in [7, 11) is 0. The standard InChI is InChI=1S/C17H12ClN7O4/c18-10-7-9(5-6-12(10)25(27)28)20-14(26)8-24-13-4-2-1-3-11(13)21-17(24)15-16(19)23-29-22-15/h1-7H,8H2,(H2,19,23)(H,20,26). The smallest absolute Gasteiger partial charge is 0.288 e. The zero-order valence-electron chi connectivity index (χ0n) is 14.6. The molecule has 1 amide bonds. The predicted octanol–water partition coefficient (Wildman–Crippen LogP) is 2.87. The summed E-state index contributed by atoms with van der Waals surface area (Å²) in [5, 5.41) is 20.8. The number of carbonyl (C=O) groups excluding carboxylic acids is 1. The van der Waals surface area contributed by atoms with Crippen LogP contribution in [0.3, 0.4) is 0 Å². The molecule has 0 aliphatic carbocycles. The predicted molar refractivity (Wildman–Crippen MR) is 104 cm³/mol. The number of hydrogen-bond acceptors (Lipinski definition) is 8. The number of nitrogens with zero attached hydrogens (tertiary/aromatic N) is 5. The molecule has 0 aliphatic rings. The molecular formula is C17H12ClN7O4. The van der Waals surface area contributed by atoms with Crippen LogP contribution in [0, 0.1) is 10.1 Å². The lowest BCUT2D eigenvalue weighted by Gasteiger charge is -2.09. The van der Waals surface area contributed by atoms with Crippen molar-refractivity contribution in [3.63, 3.8) is 0 Å². The Morgan fingerprint density at radius 1 is 1.28 bits per heavy atom. The molecule has 2 heterocycles. The molecule has 11 nitrogen and oxygen atoms in total. The first kappa shape index (κ1) is 18.4. The Kier molecular flexibility index (Phi) is 4.56. The summed E-state index contributed by atoms with van der Waals surface area (Å²) in [6.45, 7) is -0.128. The number of carbonyl (C=O) groups is 1. The lowest BCUT2D eigenvalue weighted by Crippen LogP contribution is -2.19. The zero-order chi connectivity index (χ0) is 20.5. The third-order valence-electron chi connectivity index (χ3n) is 4.11. The van der Waals surface area contributed by atoms with Crippen LogP contribution in [0.25, 0.3) is 22.6 Å². The second kappa shape index (κ2) is 7.20. The van der Waals surface area contributed by atoms with E-state index in [9.17, 15) is 14.9 Å². The molecule has 0 fully saturated rings. The largest absolute Gasteiger partial charge is 0.379 e. The van der Waals surface area contributed by atoms with E-state index < -0.39 is 10.8 Å². The first-order chi connectivity index (χ1) is 13.9. The first-order valence-corrected chi connectivity index (χ1v) is 8.59. The van der Waals surface area contributed by atoms with Crippen molar-refractivity contribution in [2.24, 2.45) is 0 Å². The number of imidazole rings is 1. The number of nitrogen functional groups attached to an aromatic ring is 1. The van der Waals surface area contributed by atoms with E-state index in [1.54, 1.807) is 16.7 Å². The normalized spacial score (nSPS) is 10.9. The van der Waals surface area contributed by atoms with Crippen molar-refractivity contribution in [1.29, 1.82) is 0 Å². The molecule has 0 saturated carbocycles. The van der Waals surface area contributed by atoms with Crippen LogP contribution in [-0.4, -0.2) is 30.7 Å². The average Bonchev–Trinajstić information content (AvgIpc) is 3.25. The molecule has 0 radical (unpaired) electrons. The minimum absolute atomic E-state index is 0.0455. The Hall–Kier alpha value is -3.99. The van der Waals surface area contributed by atoms with Crippen LogP contribution in [0.1, 0.15) is 0 Å². The van der Waals surface area contributed by atoms with Gasteiger partial charge >= 0.3 is 0 Å². The van der Waals surface area contributed by atoms with Crippen LogP contribution >= 0.6 is 11.6 Å². The van der Waals surface area contributed by atoms with Crippen molar-refractivity contribution in [2.45, 2.75) is 6.54 Å². The Balaban J connectivity index is 1.65. The van der Waals surface area contributed by atoms with E-state index in [2.05, 4.69) is 25.2 Å². The summed E-state index contributed by atoms with van der Waals surface area (Å²) in [5.74, 6) is -0.0414. The van der Waals surface area contributed by atoms with E-state index in [0.717, 1.165) is 0 Å². The number of amides is 1. The van der Waals surface area contributed by atoms with Crippen LogP contribution in [0.2, 0.25) is 5.02 Å². The minimum Gasteiger partial charge on any atom is -0.379 e. The number of fused-ring (bicyclic) bond motifs is 1. The van der Waals surface area contributed by atoms with Gasteiger partial charge < -0.3 is 15.6 Å². The van der Waals surface area contributed by atoms with Gasteiger partial charge in [-0.15, -0.1) is 0 Å². The van der Waals surface area contributed by atoms with E-state index in [1.165, 1.54) is 18.2 Å². The number of halogens is 1. The fourth-order valence-corrected chi connectivity index (χ4v) is 3.09. The fraction of sp³-hybridized carbons (Fsp3) is 0.0588. The molecule has 146 valence electrons. The fourth-order valence-electron chi connectivity index (χ4n) is 2.84. The van der Waals surface area contributed by atoms with Crippen molar-refractivity contribution in [2.75, 3.05) is 11.1 Å². The summed E-state index contributed by atoms with van der Waals surface area (Å²) in [5.41, 5.74) is 7.38. The van der Waals surface area contributed by atoms with E-state index in [1.807, 2.05) is 12.1 Å². The van der Waals surface area contributed by atoms with Gasteiger partial charge in [0.05, 0.1) is 16.0 Å². The van der Waals surface area contributed by atoms with Gasteiger partial charge in [-0.2, -0.15) is 0 Å². The molecule has 0 unspecified atom stereocenters. The maximum Gasteiger partial charge on any atom is 0.288 e. The molecule has 0 aliphatic heterocycles. The number of nitro groups is 1. The van der Waals surface area contributed by atoms with Gasteiger partial charge in [0.2, 0.25) is 5.91 Å². The third-order valence-corrected chi connectivity index (χ3v) is 4.41. The lowest BCUT2D eigenvalue weighted by molar-refractivity contribution is -0.384. The molecule has 0 atom stereocenters. The highest BCUT2D eigenvalue weighted by Crippen LogP contribution is 2.28. The van der Waals surface area contributed by atoms with Gasteiger partial charge in [-0.05, 0) is 34.6 Å². The number of para-hydroxylation sites is 2. The molecule has 4 rings (SSSR count). The Morgan fingerprint density at radius 3 is 2.76 bits per heavy atom. The molecule has 3 N–H and O–H groups in total. The maximum absolute atomic E-state index is 12.6. The van der Waals surface area contributed by atoms with E-state index in [-0.39, 0.29) is 28.8 Å². The van der Waals surface area contributed by atoms with Crippen molar-refractivity contribution < 1.29 is 14.3 Å². The van der Waals surface area contributed by atoms with E-state index in [0.29, 0.717) is 22.5 Å². The van der Waals surface area contributed by atoms with Crippen molar-refractivity contribution in [3.8, 4) is 11.5 Å². The Morgan fingerprint density at radius 2 is 2.07 bits per heavy atom. The summed E-state index contributed by atoms with van der Waals surface area (Å²) >= 11 is 5.89. The Bertz CT molecular complexity index is 1250. The molecule has 0 spiro atoms. The van der Waals surface area contributed by atoms with Gasteiger partial charge in [0.25, 0.3) is 5.69 Å². The maximum atomic E-state index is 12.6. The van der Waals surface area contributed by atoms with E-state index >= 15 is 0 Å². The van der Waals surface area contributed by atoms with Gasteiger partial charge in [0, 0.05) is 11.8 Å². The average molecular weight is 414 g/mol. The van der Waals surface area contributed by atoms with Crippen LogP contribution in [0.15, 0.2) is 47.1 Å². The Labute approximate surface area is 167 Å². The summed E-state index contributed by atoms with van der Waals surface area (Å²) < 4.78 is 6.27.